The summed E-state index contributed by atoms with van der Waals surface area (Å²) in [6.07, 6.45) is 5.71. The molecule has 3 heterocycles. The molecule has 6 nitrogen and oxygen atoms in total. The summed E-state index contributed by atoms with van der Waals surface area (Å²) in [6.45, 7) is 6.56. The van der Waals surface area contributed by atoms with Crippen LogP contribution < -0.4 is 0 Å². The minimum atomic E-state index is 0.282. The third-order valence-corrected chi connectivity index (χ3v) is 6.35. The second-order valence-electron chi connectivity index (χ2n) is 8.27. The van der Waals surface area contributed by atoms with Crippen LogP contribution in [-0.2, 0) is 24.2 Å². The van der Waals surface area contributed by atoms with Crippen LogP contribution in [0.3, 0.4) is 0 Å². The van der Waals surface area contributed by atoms with E-state index in [2.05, 4.69) is 44.3 Å². The fourth-order valence-electron chi connectivity index (χ4n) is 4.49. The molecule has 2 aliphatic heterocycles. The molecule has 1 aromatic heterocycles. The van der Waals surface area contributed by atoms with Crippen LogP contribution in [0.4, 0.5) is 0 Å². The van der Waals surface area contributed by atoms with E-state index in [1.54, 1.807) is 0 Å². The molecule has 4 rings (SSSR count). The predicted molar refractivity (Wildman–Crippen MR) is 107 cm³/mol. The molecule has 6 heteroatoms. The zero-order chi connectivity index (χ0) is 19.4. The number of rotatable bonds is 6. The number of likely N-dealkylation sites (tertiary alicyclic amines) is 2. The maximum atomic E-state index is 12.5. The normalized spacial score (nSPS) is 20.0. The number of aryl methyl sites for hydroxylation is 1. The van der Waals surface area contributed by atoms with Gasteiger partial charge in [-0.15, -0.1) is 10.2 Å². The number of hydrogen-bond donors (Lipinski definition) is 0. The highest BCUT2D eigenvalue weighted by atomic mass is 16.4. The number of aromatic nitrogens is 2. The van der Waals surface area contributed by atoms with Crippen LogP contribution in [-0.4, -0.2) is 52.1 Å². The number of piperidine rings is 2. The second kappa shape index (κ2) is 8.43. The second-order valence-corrected chi connectivity index (χ2v) is 8.27. The minimum absolute atomic E-state index is 0.282. The van der Waals surface area contributed by atoms with Crippen LogP contribution in [0.2, 0.25) is 0 Å². The molecule has 0 bridgehead atoms. The van der Waals surface area contributed by atoms with Gasteiger partial charge in [0.1, 0.15) is 0 Å². The Bertz CT molecular complexity index is 781. The van der Waals surface area contributed by atoms with E-state index in [4.69, 9.17) is 4.42 Å². The van der Waals surface area contributed by atoms with E-state index in [1.165, 1.54) is 5.56 Å². The van der Waals surface area contributed by atoms with Crippen molar-refractivity contribution in [3.05, 3.63) is 47.7 Å². The van der Waals surface area contributed by atoms with Crippen molar-refractivity contribution in [1.82, 2.24) is 20.0 Å². The van der Waals surface area contributed by atoms with E-state index in [0.29, 0.717) is 18.2 Å². The molecule has 2 saturated heterocycles. The Balaban J connectivity index is 1.30. The molecule has 1 spiro atoms. The Morgan fingerprint density at radius 3 is 2.54 bits per heavy atom. The van der Waals surface area contributed by atoms with Crippen molar-refractivity contribution in [3.8, 4) is 0 Å². The van der Waals surface area contributed by atoms with Crippen molar-refractivity contribution < 1.29 is 9.21 Å². The van der Waals surface area contributed by atoms with Gasteiger partial charge in [0.15, 0.2) is 0 Å². The average molecular weight is 383 g/mol. The molecular formula is C22H30N4O2. The molecule has 0 atom stereocenters. The molecule has 28 heavy (non-hydrogen) atoms. The largest absolute Gasteiger partial charge is 0.424 e. The first-order valence-corrected chi connectivity index (χ1v) is 10.5. The van der Waals surface area contributed by atoms with E-state index < -0.39 is 0 Å². The lowest BCUT2D eigenvalue weighted by molar-refractivity contribution is -0.139. The standard InChI is InChI=1S/C22H30N4O2/c1-2-19-23-24-20(28-19)16-25-14-11-22(12-15-25)10-8-21(27)26(17-22)13-9-18-6-4-3-5-7-18/h3-7H,2,8-17H2,1H3. The van der Waals surface area contributed by atoms with Crippen LogP contribution in [0.5, 0.6) is 0 Å². The van der Waals surface area contributed by atoms with Gasteiger partial charge in [-0.3, -0.25) is 9.69 Å². The zero-order valence-corrected chi connectivity index (χ0v) is 16.8. The van der Waals surface area contributed by atoms with Gasteiger partial charge in [-0.2, -0.15) is 0 Å². The van der Waals surface area contributed by atoms with Crippen LogP contribution in [0.15, 0.2) is 34.7 Å². The number of amides is 1. The first kappa shape index (κ1) is 19.1. The number of hydrogen-bond acceptors (Lipinski definition) is 5. The molecule has 0 radical (unpaired) electrons. The van der Waals surface area contributed by atoms with Crippen LogP contribution in [0, 0.1) is 5.41 Å². The maximum absolute atomic E-state index is 12.5. The predicted octanol–water partition coefficient (Wildman–Crippen LogP) is 3.08. The van der Waals surface area contributed by atoms with Crippen molar-refractivity contribution in [2.45, 2.75) is 52.0 Å². The summed E-state index contributed by atoms with van der Waals surface area (Å²) < 4.78 is 5.66. The summed E-state index contributed by atoms with van der Waals surface area (Å²) in [5, 5.41) is 8.21. The van der Waals surface area contributed by atoms with E-state index >= 15 is 0 Å². The maximum Gasteiger partial charge on any atom is 0.230 e. The SMILES string of the molecule is CCc1nnc(CN2CCC3(CCC(=O)N(CCc4ccccc4)C3)CC2)o1. The molecule has 2 aromatic rings. The molecule has 0 saturated carbocycles. The molecule has 150 valence electrons. The Morgan fingerprint density at radius 1 is 1.07 bits per heavy atom. The Morgan fingerprint density at radius 2 is 1.82 bits per heavy atom. The van der Waals surface area contributed by atoms with E-state index in [9.17, 15) is 4.79 Å². The summed E-state index contributed by atoms with van der Waals surface area (Å²) >= 11 is 0. The van der Waals surface area contributed by atoms with Gasteiger partial charge in [0, 0.05) is 25.9 Å². The average Bonchev–Trinajstić information content (AvgIpc) is 3.19. The van der Waals surface area contributed by atoms with E-state index in [0.717, 1.165) is 70.7 Å². The van der Waals surface area contributed by atoms with E-state index in [1.807, 2.05) is 13.0 Å². The summed E-state index contributed by atoms with van der Waals surface area (Å²) in [7, 11) is 0. The highest BCUT2D eigenvalue weighted by Gasteiger charge is 2.40. The monoisotopic (exact) mass is 382 g/mol. The van der Waals surface area contributed by atoms with Gasteiger partial charge in [0.05, 0.1) is 6.54 Å². The van der Waals surface area contributed by atoms with Gasteiger partial charge in [-0.1, -0.05) is 37.3 Å². The molecule has 0 aliphatic carbocycles. The number of carbonyl (C=O) groups excluding carboxylic acids is 1. The van der Waals surface area contributed by atoms with E-state index in [-0.39, 0.29) is 5.41 Å². The summed E-state index contributed by atoms with van der Waals surface area (Å²) in [4.78, 5) is 17.0. The molecule has 0 N–H and O–H groups in total. The first-order chi connectivity index (χ1) is 13.7. The number of nitrogens with zero attached hydrogens (tertiary/aromatic N) is 4. The van der Waals surface area contributed by atoms with Gasteiger partial charge >= 0.3 is 0 Å². The van der Waals surface area contributed by atoms with Gasteiger partial charge < -0.3 is 9.32 Å². The number of carbonyl (C=O) groups is 1. The number of benzene rings is 1. The van der Waals surface area contributed by atoms with Gasteiger partial charge in [-0.05, 0) is 49.8 Å². The third kappa shape index (κ3) is 4.43. The lowest BCUT2D eigenvalue weighted by atomic mass is 9.72. The highest BCUT2D eigenvalue weighted by Crippen LogP contribution is 2.40. The lowest BCUT2D eigenvalue weighted by Gasteiger charge is -2.47. The van der Waals surface area contributed by atoms with Gasteiger partial charge in [-0.25, -0.2) is 0 Å². The van der Waals surface area contributed by atoms with Crippen LogP contribution in [0.1, 0.15) is 50.0 Å². The van der Waals surface area contributed by atoms with Gasteiger partial charge in [0.25, 0.3) is 0 Å². The first-order valence-electron chi connectivity index (χ1n) is 10.5. The molecule has 1 aromatic carbocycles. The fraction of sp³-hybridized carbons (Fsp3) is 0.591. The van der Waals surface area contributed by atoms with Crippen molar-refractivity contribution in [1.29, 1.82) is 0 Å². The summed E-state index contributed by atoms with van der Waals surface area (Å²) in [6, 6.07) is 10.5. The van der Waals surface area contributed by atoms with Gasteiger partial charge in [0.2, 0.25) is 17.7 Å². The Kier molecular flexibility index (Phi) is 5.76. The topological polar surface area (TPSA) is 62.5 Å². The molecule has 0 unspecified atom stereocenters. The Hall–Kier alpha value is -2.21. The van der Waals surface area contributed by atoms with Crippen LogP contribution in [0.25, 0.3) is 0 Å². The molecule has 2 fully saturated rings. The highest BCUT2D eigenvalue weighted by molar-refractivity contribution is 5.77. The van der Waals surface area contributed by atoms with Crippen LogP contribution >= 0.6 is 0 Å². The van der Waals surface area contributed by atoms with Crippen molar-refractivity contribution >= 4 is 5.91 Å². The minimum Gasteiger partial charge on any atom is -0.424 e. The Labute approximate surface area is 166 Å². The smallest absolute Gasteiger partial charge is 0.230 e. The zero-order valence-electron chi connectivity index (χ0n) is 16.8. The van der Waals surface area contributed by atoms with Crippen molar-refractivity contribution in [2.24, 2.45) is 5.41 Å². The molecule has 2 aliphatic rings. The van der Waals surface area contributed by atoms with Crippen molar-refractivity contribution in [3.63, 3.8) is 0 Å². The third-order valence-electron chi connectivity index (χ3n) is 6.35. The van der Waals surface area contributed by atoms with Crippen molar-refractivity contribution in [2.75, 3.05) is 26.2 Å². The summed E-state index contributed by atoms with van der Waals surface area (Å²) in [5.41, 5.74) is 1.58. The fourth-order valence-corrected chi connectivity index (χ4v) is 4.49. The molecule has 1 amide bonds. The quantitative estimate of drug-likeness (QED) is 0.768. The summed E-state index contributed by atoms with van der Waals surface area (Å²) in [5.74, 6) is 1.75. The lowest BCUT2D eigenvalue weighted by Crippen LogP contribution is -2.51. The molecular weight excluding hydrogens is 352 g/mol.